The largest absolute Gasteiger partial charge is 0.462 e. The Morgan fingerprint density at radius 1 is 0.296 bits per heavy atom. The Balaban J connectivity index is 4.00. The van der Waals surface area contributed by atoms with Gasteiger partial charge in [-0.25, -0.2) is 0 Å². The molecule has 404 valence electrons. The van der Waals surface area contributed by atoms with Crippen molar-refractivity contribution in [2.75, 3.05) is 13.2 Å². The number of unbranched alkanes of at least 4 members (excludes halogenated alkanes) is 23. The minimum Gasteiger partial charge on any atom is -0.462 e. The van der Waals surface area contributed by atoms with E-state index in [1.165, 1.54) is 83.5 Å². The average molecular weight is 986 g/mol. The maximum absolute atomic E-state index is 12.7. The summed E-state index contributed by atoms with van der Waals surface area (Å²) in [4.78, 5) is 37.8. The fourth-order valence-electron chi connectivity index (χ4n) is 7.93. The molecule has 0 aliphatic heterocycles. The SMILES string of the molecule is CC/C=C\C/C=C\C/C=C\C/C=C\C/C=C\C/C=C\CCCCCCCCCCCCCCCCC(=O)OCC(COC(=O)CCCCCCC)OC(=O)CCCCCCC/C=C\C/C=C\C/C=C\CC. The number of allylic oxidation sites excluding steroid dienone is 18. The molecule has 0 aliphatic rings. The summed E-state index contributed by atoms with van der Waals surface area (Å²) in [5.74, 6) is -0.916. The molecule has 0 fully saturated rings. The van der Waals surface area contributed by atoms with Crippen molar-refractivity contribution < 1.29 is 28.6 Å². The maximum Gasteiger partial charge on any atom is 0.306 e. The summed E-state index contributed by atoms with van der Waals surface area (Å²) in [6.45, 7) is 6.31. The molecule has 0 aliphatic carbocycles. The molecule has 0 aromatic heterocycles. The molecule has 1 atom stereocenters. The van der Waals surface area contributed by atoms with E-state index < -0.39 is 6.10 Å². The summed E-state index contributed by atoms with van der Waals surface area (Å²) >= 11 is 0. The third-order valence-electron chi connectivity index (χ3n) is 12.3. The van der Waals surface area contributed by atoms with Crippen LogP contribution < -0.4 is 0 Å². The highest BCUT2D eigenvalue weighted by molar-refractivity contribution is 5.71. The van der Waals surface area contributed by atoms with Crippen LogP contribution in [0.2, 0.25) is 0 Å². The molecule has 0 amide bonds. The van der Waals surface area contributed by atoms with Crippen LogP contribution in [0, 0.1) is 0 Å². The zero-order chi connectivity index (χ0) is 51.4. The van der Waals surface area contributed by atoms with Gasteiger partial charge in [0.25, 0.3) is 0 Å². The number of carbonyl (C=O) groups excluding carboxylic acids is 3. The van der Waals surface area contributed by atoms with Gasteiger partial charge in [0.1, 0.15) is 13.2 Å². The maximum atomic E-state index is 12.7. The van der Waals surface area contributed by atoms with Gasteiger partial charge in [0.05, 0.1) is 0 Å². The van der Waals surface area contributed by atoms with E-state index in [1.807, 2.05) is 0 Å². The van der Waals surface area contributed by atoms with E-state index in [9.17, 15) is 14.4 Å². The molecule has 0 radical (unpaired) electrons. The topological polar surface area (TPSA) is 78.9 Å². The van der Waals surface area contributed by atoms with Crippen molar-refractivity contribution in [2.24, 2.45) is 0 Å². The van der Waals surface area contributed by atoms with Crippen LogP contribution in [-0.2, 0) is 28.6 Å². The number of rotatable bonds is 52. The molecule has 0 aromatic rings. The predicted octanol–water partition coefficient (Wildman–Crippen LogP) is 19.9. The van der Waals surface area contributed by atoms with E-state index >= 15 is 0 Å². The summed E-state index contributed by atoms with van der Waals surface area (Å²) < 4.78 is 16.7. The molecule has 71 heavy (non-hydrogen) atoms. The summed E-state index contributed by atoms with van der Waals surface area (Å²) in [6.07, 6.45) is 80.0. The number of esters is 3. The molecule has 0 bridgehead atoms. The second-order valence-corrected chi connectivity index (χ2v) is 19.1. The zero-order valence-electron chi connectivity index (χ0n) is 46.2. The molecule has 6 nitrogen and oxygen atoms in total. The van der Waals surface area contributed by atoms with Gasteiger partial charge in [-0.3, -0.25) is 14.4 Å². The van der Waals surface area contributed by atoms with Crippen molar-refractivity contribution in [1.29, 1.82) is 0 Å². The lowest BCUT2D eigenvalue weighted by Crippen LogP contribution is -2.30. The molecule has 0 saturated heterocycles. The highest BCUT2D eigenvalue weighted by atomic mass is 16.6. The quantitative estimate of drug-likeness (QED) is 0.0261. The smallest absolute Gasteiger partial charge is 0.306 e. The van der Waals surface area contributed by atoms with Crippen LogP contribution in [0.15, 0.2) is 109 Å². The van der Waals surface area contributed by atoms with Gasteiger partial charge in [0.15, 0.2) is 6.10 Å². The number of carbonyl (C=O) groups is 3. The molecular weight excluding hydrogens is 877 g/mol. The van der Waals surface area contributed by atoms with Gasteiger partial charge in [0, 0.05) is 19.3 Å². The fraction of sp³-hybridized carbons (Fsp3) is 0.677. The van der Waals surface area contributed by atoms with Crippen LogP contribution in [0.25, 0.3) is 0 Å². The first kappa shape index (κ1) is 67.1. The Kier molecular flexibility index (Phi) is 55.4. The summed E-state index contributed by atoms with van der Waals surface area (Å²) in [5, 5.41) is 0. The van der Waals surface area contributed by atoms with Crippen LogP contribution in [0.3, 0.4) is 0 Å². The van der Waals surface area contributed by atoms with Crippen molar-refractivity contribution in [3.05, 3.63) is 109 Å². The van der Waals surface area contributed by atoms with Gasteiger partial charge in [-0.2, -0.15) is 0 Å². The third kappa shape index (κ3) is 56.9. The van der Waals surface area contributed by atoms with E-state index in [0.717, 1.165) is 141 Å². The molecule has 0 heterocycles. The Morgan fingerprint density at radius 3 is 0.859 bits per heavy atom. The lowest BCUT2D eigenvalue weighted by Gasteiger charge is -2.18. The highest BCUT2D eigenvalue weighted by Gasteiger charge is 2.19. The second kappa shape index (κ2) is 58.6. The van der Waals surface area contributed by atoms with Gasteiger partial charge in [-0.05, 0) is 103 Å². The standard InChI is InChI=1S/C65H108O6/c1-4-7-10-13-15-17-19-21-23-24-25-26-27-28-29-30-31-32-33-34-35-36-37-38-39-40-42-43-45-47-49-52-55-58-64(67)70-61-62(60-69-63(66)57-54-51-12-9-6-3)71-65(68)59-56-53-50-48-46-44-41-22-20-18-16-14-11-8-5-2/h7-8,10-11,15-18,21-23,25-26,28-29,31-32,41,62H,4-6,9,12-14,19-20,24,27,30,33-40,42-61H2,1-3H3/b10-7-,11-8-,17-15-,18-16-,23-21-,26-25-,29-28-,32-31-,41-22-. The van der Waals surface area contributed by atoms with E-state index in [1.54, 1.807) is 0 Å². The van der Waals surface area contributed by atoms with Crippen LogP contribution in [0.1, 0.15) is 265 Å². The molecule has 0 spiro atoms. The Hall–Kier alpha value is -3.93. The van der Waals surface area contributed by atoms with Crippen molar-refractivity contribution >= 4 is 17.9 Å². The Labute approximate surface area is 438 Å². The number of ether oxygens (including phenoxy) is 3. The van der Waals surface area contributed by atoms with Crippen molar-refractivity contribution in [3.63, 3.8) is 0 Å². The van der Waals surface area contributed by atoms with Gasteiger partial charge >= 0.3 is 17.9 Å². The second-order valence-electron chi connectivity index (χ2n) is 19.1. The van der Waals surface area contributed by atoms with Gasteiger partial charge < -0.3 is 14.2 Å². The van der Waals surface area contributed by atoms with Crippen molar-refractivity contribution in [2.45, 2.75) is 271 Å². The minimum absolute atomic E-state index is 0.0847. The molecule has 0 saturated carbocycles. The van der Waals surface area contributed by atoms with Crippen LogP contribution >= 0.6 is 0 Å². The van der Waals surface area contributed by atoms with E-state index in [0.29, 0.717) is 19.3 Å². The van der Waals surface area contributed by atoms with Crippen LogP contribution in [0.4, 0.5) is 0 Å². The number of hydrogen-bond acceptors (Lipinski definition) is 6. The summed E-state index contributed by atoms with van der Waals surface area (Å²) in [6, 6.07) is 0. The lowest BCUT2D eigenvalue weighted by atomic mass is 10.0. The monoisotopic (exact) mass is 985 g/mol. The first-order valence-corrected chi connectivity index (χ1v) is 29.4. The summed E-state index contributed by atoms with van der Waals surface area (Å²) in [5.41, 5.74) is 0. The number of hydrogen-bond donors (Lipinski definition) is 0. The van der Waals surface area contributed by atoms with Gasteiger partial charge in [-0.15, -0.1) is 0 Å². The molecular formula is C65H108O6. The zero-order valence-corrected chi connectivity index (χ0v) is 46.2. The van der Waals surface area contributed by atoms with E-state index in [-0.39, 0.29) is 31.1 Å². The summed E-state index contributed by atoms with van der Waals surface area (Å²) in [7, 11) is 0. The molecule has 0 aromatic carbocycles. The normalized spacial score (nSPS) is 12.9. The van der Waals surface area contributed by atoms with Crippen molar-refractivity contribution in [1.82, 2.24) is 0 Å². The predicted molar refractivity (Wildman–Crippen MR) is 307 cm³/mol. The average Bonchev–Trinajstić information content (AvgIpc) is 3.37. The Morgan fingerprint density at radius 2 is 0.549 bits per heavy atom. The third-order valence-corrected chi connectivity index (χ3v) is 12.3. The van der Waals surface area contributed by atoms with Crippen molar-refractivity contribution in [3.8, 4) is 0 Å². The highest BCUT2D eigenvalue weighted by Crippen LogP contribution is 2.15. The van der Waals surface area contributed by atoms with Gasteiger partial charge in [-0.1, -0.05) is 252 Å². The first-order chi connectivity index (χ1) is 35.0. The van der Waals surface area contributed by atoms with Crippen LogP contribution in [0.5, 0.6) is 0 Å². The molecule has 0 rings (SSSR count). The molecule has 0 N–H and O–H groups in total. The molecule has 1 unspecified atom stereocenters. The van der Waals surface area contributed by atoms with E-state index in [4.69, 9.17) is 14.2 Å². The Bertz CT molecular complexity index is 1460. The molecule has 6 heteroatoms. The van der Waals surface area contributed by atoms with Crippen LogP contribution in [-0.4, -0.2) is 37.2 Å². The lowest BCUT2D eigenvalue weighted by molar-refractivity contribution is -0.167. The minimum atomic E-state index is -0.783. The van der Waals surface area contributed by atoms with E-state index in [2.05, 4.69) is 130 Å². The van der Waals surface area contributed by atoms with Gasteiger partial charge in [0.2, 0.25) is 0 Å². The fourth-order valence-corrected chi connectivity index (χ4v) is 7.93. The first-order valence-electron chi connectivity index (χ1n) is 29.4.